The van der Waals surface area contributed by atoms with Crippen LogP contribution in [0.25, 0.3) is 0 Å². The van der Waals surface area contributed by atoms with E-state index >= 15 is 0 Å². The molecule has 1 aromatic rings. The normalized spacial score (nSPS) is 24.6. The number of hydrogen-bond acceptors (Lipinski definition) is 3. The quantitative estimate of drug-likeness (QED) is 0.885. The highest BCUT2D eigenvalue weighted by Gasteiger charge is 2.40. The summed E-state index contributed by atoms with van der Waals surface area (Å²) in [6, 6.07) is 6.15. The lowest BCUT2D eigenvalue weighted by Crippen LogP contribution is -2.44. The van der Waals surface area contributed by atoms with Crippen molar-refractivity contribution in [3.63, 3.8) is 0 Å². The third-order valence-corrected chi connectivity index (χ3v) is 4.38. The fourth-order valence-electron chi connectivity index (χ4n) is 3.45. The number of ether oxygens (including phenoxy) is 2. The molecule has 104 valence electrons. The summed E-state index contributed by atoms with van der Waals surface area (Å²) in [4.78, 5) is 0. The average Bonchev–Trinajstić information content (AvgIpc) is 2.39. The number of benzene rings is 1. The highest BCUT2D eigenvalue weighted by atomic mass is 16.5. The number of fused-ring (bicyclic) bond motifs is 1. The van der Waals surface area contributed by atoms with Gasteiger partial charge < -0.3 is 15.2 Å². The molecule has 3 nitrogen and oxygen atoms in total. The van der Waals surface area contributed by atoms with Gasteiger partial charge in [0, 0.05) is 24.1 Å². The van der Waals surface area contributed by atoms with Gasteiger partial charge >= 0.3 is 0 Å². The van der Waals surface area contributed by atoms with Crippen LogP contribution < -0.4 is 15.2 Å². The molecule has 1 atom stereocenters. The third kappa shape index (κ3) is 2.44. The van der Waals surface area contributed by atoms with Crippen LogP contribution in [0.4, 0.5) is 0 Å². The van der Waals surface area contributed by atoms with Gasteiger partial charge in [-0.15, -0.1) is 0 Å². The second-order valence-corrected chi connectivity index (χ2v) is 5.79. The van der Waals surface area contributed by atoms with Gasteiger partial charge in [0.05, 0.1) is 6.61 Å². The lowest BCUT2D eigenvalue weighted by Gasteiger charge is -2.43. The van der Waals surface area contributed by atoms with E-state index in [4.69, 9.17) is 15.2 Å². The van der Waals surface area contributed by atoms with Crippen molar-refractivity contribution in [1.29, 1.82) is 0 Å². The summed E-state index contributed by atoms with van der Waals surface area (Å²) in [5.41, 5.74) is 7.46. The highest BCUT2D eigenvalue weighted by molar-refractivity contribution is 5.44. The molecule has 3 rings (SSSR count). The van der Waals surface area contributed by atoms with Crippen molar-refractivity contribution in [2.24, 2.45) is 5.73 Å². The Hall–Kier alpha value is -1.22. The zero-order valence-electron chi connectivity index (χ0n) is 11.7. The van der Waals surface area contributed by atoms with Gasteiger partial charge in [-0.1, -0.05) is 12.5 Å². The SMILES string of the molecule is CCOc1ccc2c(c1)OC1(CCCCC1)CC2N. The molecule has 0 saturated heterocycles. The summed E-state index contributed by atoms with van der Waals surface area (Å²) in [5.74, 6) is 1.81. The van der Waals surface area contributed by atoms with Crippen LogP contribution in [0.5, 0.6) is 11.5 Å². The molecule has 0 aromatic heterocycles. The summed E-state index contributed by atoms with van der Waals surface area (Å²) in [6.45, 7) is 2.67. The Morgan fingerprint density at radius 3 is 2.84 bits per heavy atom. The van der Waals surface area contributed by atoms with Crippen molar-refractivity contribution in [3.8, 4) is 11.5 Å². The van der Waals surface area contributed by atoms with Crippen LogP contribution in [0.2, 0.25) is 0 Å². The summed E-state index contributed by atoms with van der Waals surface area (Å²) >= 11 is 0. The van der Waals surface area contributed by atoms with Gasteiger partial charge in [0.1, 0.15) is 17.1 Å². The van der Waals surface area contributed by atoms with Gasteiger partial charge in [-0.3, -0.25) is 0 Å². The standard InChI is InChI=1S/C16H23NO2/c1-2-18-12-6-7-13-14(17)11-16(19-15(13)10-12)8-4-3-5-9-16/h6-7,10,14H,2-5,8-9,11,17H2,1H3. The molecule has 1 aliphatic carbocycles. The van der Waals surface area contributed by atoms with Crippen molar-refractivity contribution >= 4 is 0 Å². The number of nitrogens with two attached hydrogens (primary N) is 1. The molecule has 1 unspecified atom stereocenters. The highest BCUT2D eigenvalue weighted by Crippen LogP contribution is 2.46. The van der Waals surface area contributed by atoms with Crippen LogP contribution in [0.3, 0.4) is 0 Å². The molecule has 1 saturated carbocycles. The maximum Gasteiger partial charge on any atom is 0.128 e. The van der Waals surface area contributed by atoms with Gasteiger partial charge in [-0.2, -0.15) is 0 Å². The van der Waals surface area contributed by atoms with E-state index in [2.05, 4.69) is 6.07 Å². The molecule has 1 aromatic carbocycles. The van der Waals surface area contributed by atoms with E-state index in [1.54, 1.807) is 0 Å². The molecule has 1 aliphatic heterocycles. The van der Waals surface area contributed by atoms with E-state index in [-0.39, 0.29) is 11.6 Å². The summed E-state index contributed by atoms with van der Waals surface area (Å²) in [6.07, 6.45) is 7.07. The summed E-state index contributed by atoms with van der Waals surface area (Å²) in [7, 11) is 0. The summed E-state index contributed by atoms with van der Waals surface area (Å²) < 4.78 is 11.9. The molecule has 0 amide bonds. The third-order valence-electron chi connectivity index (χ3n) is 4.38. The van der Waals surface area contributed by atoms with Crippen molar-refractivity contribution in [1.82, 2.24) is 0 Å². The van der Waals surface area contributed by atoms with Crippen molar-refractivity contribution in [2.45, 2.75) is 57.1 Å². The molecule has 2 N–H and O–H groups in total. The fourth-order valence-corrected chi connectivity index (χ4v) is 3.45. The minimum Gasteiger partial charge on any atom is -0.494 e. The second-order valence-electron chi connectivity index (χ2n) is 5.79. The average molecular weight is 261 g/mol. The largest absolute Gasteiger partial charge is 0.494 e. The predicted molar refractivity (Wildman–Crippen MR) is 75.6 cm³/mol. The van der Waals surface area contributed by atoms with E-state index in [0.717, 1.165) is 36.3 Å². The maximum absolute atomic E-state index is 6.36. The first-order chi connectivity index (χ1) is 9.22. The van der Waals surface area contributed by atoms with Crippen LogP contribution in [0.15, 0.2) is 18.2 Å². The molecule has 3 heteroatoms. The minimum absolute atomic E-state index is 0.0183. The number of hydrogen-bond donors (Lipinski definition) is 1. The fraction of sp³-hybridized carbons (Fsp3) is 0.625. The minimum atomic E-state index is -0.0183. The van der Waals surface area contributed by atoms with Gasteiger partial charge in [-0.05, 0) is 38.7 Å². The Bertz CT molecular complexity index is 452. The van der Waals surface area contributed by atoms with Gasteiger partial charge in [0.15, 0.2) is 0 Å². The molecule has 1 heterocycles. The van der Waals surface area contributed by atoms with Gasteiger partial charge in [0.2, 0.25) is 0 Å². The molecule has 0 radical (unpaired) electrons. The molecule has 1 spiro atoms. The monoisotopic (exact) mass is 261 g/mol. The van der Waals surface area contributed by atoms with E-state index in [1.165, 1.54) is 19.3 Å². The second kappa shape index (κ2) is 5.04. The van der Waals surface area contributed by atoms with Crippen molar-refractivity contribution < 1.29 is 9.47 Å². The predicted octanol–water partition coefficient (Wildman–Crippen LogP) is 3.57. The number of rotatable bonds is 2. The Morgan fingerprint density at radius 2 is 2.11 bits per heavy atom. The van der Waals surface area contributed by atoms with Crippen LogP contribution in [-0.2, 0) is 0 Å². The van der Waals surface area contributed by atoms with Crippen LogP contribution >= 0.6 is 0 Å². The molecule has 2 aliphatic rings. The van der Waals surface area contributed by atoms with Crippen LogP contribution in [0, 0.1) is 0 Å². The van der Waals surface area contributed by atoms with Gasteiger partial charge in [0.25, 0.3) is 0 Å². The Balaban J connectivity index is 1.90. The van der Waals surface area contributed by atoms with E-state index in [0.29, 0.717) is 6.61 Å². The van der Waals surface area contributed by atoms with Crippen molar-refractivity contribution in [2.75, 3.05) is 6.61 Å². The Kier molecular flexibility index (Phi) is 3.40. The molecular weight excluding hydrogens is 238 g/mol. The van der Waals surface area contributed by atoms with E-state index < -0.39 is 0 Å². The smallest absolute Gasteiger partial charge is 0.128 e. The first-order valence-corrected chi connectivity index (χ1v) is 7.44. The lowest BCUT2D eigenvalue weighted by molar-refractivity contribution is 0.00173. The maximum atomic E-state index is 6.36. The lowest BCUT2D eigenvalue weighted by atomic mass is 9.77. The summed E-state index contributed by atoms with van der Waals surface area (Å²) in [5, 5.41) is 0. The van der Waals surface area contributed by atoms with Crippen LogP contribution in [-0.4, -0.2) is 12.2 Å². The molecular formula is C16H23NO2. The Labute approximate surface area is 115 Å². The molecule has 1 fully saturated rings. The zero-order valence-corrected chi connectivity index (χ0v) is 11.7. The van der Waals surface area contributed by atoms with E-state index in [1.807, 2.05) is 19.1 Å². The topological polar surface area (TPSA) is 44.5 Å². The first kappa shape index (κ1) is 12.8. The van der Waals surface area contributed by atoms with Crippen LogP contribution in [0.1, 0.15) is 57.1 Å². The first-order valence-electron chi connectivity index (χ1n) is 7.44. The molecule has 0 bridgehead atoms. The van der Waals surface area contributed by atoms with Gasteiger partial charge in [-0.25, -0.2) is 0 Å². The zero-order chi connectivity index (χ0) is 13.3. The molecule has 19 heavy (non-hydrogen) atoms. The van der Waals surface area contributed by atoms with Crippen molar-refractivity contribution in [3.05, 3.63) is 23.8 Å². The Morgan fingerprint density at radius 1 is 1.32 bits per heavy atom. The van der Waals surface area contributed by atoms with E-state index in [9.17, 15) is 0 Å².